The molecule has 1 heterocycles. The summed E-state index contributed by atoms with van der Waals surface area (Å²) in [7, 11) is 1.66. The molecule has 0 spiro atoms. The molecule has 0 unspecified atom stereocenters. The first-order chi connectivity index (χ1) is 11.1. The van der Waals surface area contributed by atoms with Crippen molar-refractivity contribution < 1.29 is 9.53 Å². The smallest absolute Gasteiger partial charge is 0.230 e. The van der Waals surface area contributed by atoms with Crippen molar-refractivity contribution in [1.29, 1.82) is 0 Å². The van der Waals surface area contributed by atoms with Crippen LogP contribution >= 0.6 is 11.3 Å². The summed E-state index contributed by atoms with van der Waals surface area (Å²) < 4.78 is 5.33. The third-order valence-electron chi connectivity index (χ3n) is 4.61. The average molecular weight is 330 g/mol. The molecule has 2 aromatic rings. The summed E-state index contributed by atoms with van der Waals surface area (Å²) in [5.74, 6) is 0.908. The summed E-state index contributed by atoms with van der Waals surface area (Å²) in [6.45, 7) is 2.47. The van der Waals surface area contributed by atoms with Crippen LogP contribution < -0.4 is 10.1 Å². The van der Waals surface area contributed by atoms with Crippen molar-refractivity contribution in [2.24, 2.45) is 0 Å². The highest BCUT2D eigenvalue weighted by molar-refractivity contribution is 7.09. The van der Waals surface area contributed by atoms with Gasteiger partial charge in [-0.25, -0.2) is 4.98 Å². The number of carbonyl (C=O) groups excluding carboxylic acids is 1. The zero-order valence-corrected chi connectivity index (χ0v) is 14.4. The maximum absolute atomic E-state index is 13.0. The summed E-state index contributed by atoms with van der Waals surface area (Å²) in [6.07, 6.45) is 3.95. The Morgan fingerprint density at radius 2 is 2.17 bits per heavy atom. The molecule has 1 aliphatic carbocycles. The molecule has 1 saturated carbocycles. The maximum Gasteiger partial charge on any atom is 0.230 e. The minimum atomic E-state index is -0.431. The molecule has 4 nitrogen and oxygen atoms in total. The van der Waals surface area contributed by atoms with Crippen LogP contribution in [-0.4, -0.2) is 18.0 Å². The Bertz CT molecular complexity index is 690. The predicted molar refractivity (Wildman–Crippen MR) is 91.8 cm³/mol. The summed E-state index contributed by atoms with van der Waals surface area (Å²) in [4.78, 5) is 17.4. The summed E-state index contributed by atoms with van der Waals surface area (Å²) in [5.41, 5.74) is 1.56. The van der Waals surface area contributed by atoms with Gasteiger partial charge in [0, 0.05) is 5.38 Å². The molecular formula is C18H22N2O2S. The fourth-order valence-electron chi connectivity index (χ4n) is 3.38. The number of carbonyl (C=O) groups is 1. The van der Waals surface area contributed by atoms with E-state index in [1.54, 1.807) is 18.4 Å². The largest absolute Gasteiger partial charge is 0.497 e. The number of nitrogens with one attached hydrogen (secondary N) is 1. The predicted octanol–water partition coefficient (Wildman–Crippen LogP) is 3.59. The van der Waals surface area contributed by atoms with Crippen molar-refractivity contribution >= 4 is 17.2 Å². The highest BCUT2D eigenvalue weighted by Gasteiger charge is 2.42. The molecule has 1 aromatic heterocycles. The maximum atomic E-state index is 13.0. The molecule has 5 heteroatoms. The van der Waals surface area contributed by atoms with E-state index in [1.165, 1.54) is 0 Å². The minimum Gasteiger partial charge on any atom is -0.497 e. The lowest BCUT2D eigenvalue weighted by atomic mass is 9.78. The summed E-state index contributed by atoms with van der Waals surface area (Å²) >= 11 is 1.61. The minimum absolute atomic E-state index is 0.105. The van der Waals surface area contributed by atoms with Gasteiger partial charge in [-0.15, -0.1) is 11.3 Å². The van der Waals surface area contributed by atoms with Gasteiger partial charge in [-0.3, -0.25) is 4.79 Å². The number of aryl methyl sites for hydroxylation is 1. The number of ether oxygens (including phenoxy) is 1. The molecule has 0 atom stereocenters. The zero-order valence-electron chi connectivity index (χ0n) is 13.6. The van der Waals surface area contributed by atoms with Crippen LogP contribution in [0.3, 0.4) is 0 Å². The van der Waals surface area contributed by atoms with Gasteiger partial charge >= 0.3 is 0 Å². The van der Waals surface area contributed by atoms with Crippen molar-refractivity contribution in [3.05, 3.63) is 45.9 Å². The van der Waals surface area contributed by atoms with Gasteiger partial charge in [0.2, 0.25) is 5.91 Å². The van der Waals surface area contributed by atoms with Crippen LogP contribution in [0.1, 0.15) is 41.9 Å². The van der Waals surface area contributed by atoms with Crippen molar-refractivity contribution in [3.63, 3.8) is 0 Å². The third kappa shape index (κ3) is 3.24. The van der Waals surface area contributed by atoms with Gasteiger partial charge in [0.25, 0.3) is 0 Å². The van der Waals surface area contributed by atoms with Crippen LogP contribution in [0.4, 0.5) is 0 Å². The highest BCUT2D eigenvalue weighted by atomic mass is 32.1. The molecule has 0 saturated heterocycles. The second kappa shape index (κ2) is 6.71. The SMILES string of the molecule is COc1cccc(C2(C(=O)NCc3csc(C)n3)CCCC2)c1. The first kappa shape index (κ1) is 16.0. The fraction of sp³-hybridized carbons (Fsp3) is 0.444. The van der Waals surface area contributed by atoms with Crippen molar-refractivity contribution in [1.82, 2.24) is 10.3 Å². The van der Waals surface area contributed by atoms with Gasteiger partial charge in [-0.1, -0.05) is 25.0 Å². The summed E-state index contributed by atoms with van der Waals surface area (Å²) in [6, 6.07) is 7.92. The number of hydrogen-bond donors (Lipinski definition) is 1. The normalized spacial score (nSPS) is 16.3. The van der Waals surface area contributed by atoms with E-state index in [2.05, 4.69) is 10.3 Å². The first-order valence-corrected chi connectivity index (χ1v) is 8.86. The molecule has 0 radical (unpaired) electrons. The van der Waals surface area contributed by atoms with Gasteiger partial charge < -0.3 is 10.1 Å². The topological polar surface area (TPSA) is 51.2 Å². The number of aromatic nitrogens is 1. The number of nitrogens with zero attached hydrogens (tertiary/aromatic N) is 1. The van der Waals surface area contributed by atoms with Crippen molar-refractivity contribution in [3.8, 4) is 5.75 Å². The molecule has 122 valence electrons. The van der Waals surface area contributed by atoms with E-state index in [9.17, 15) is 4.79 Å². The zero-order chi connectivity index (χ0) is 16.3. The van der Waals surface area contributed by atoms with Gasteiger partial charge in [0.15, 0.2) is 0 Å². The Morgan fingerprint density at radius 3 is 2.83 bits per heavy atom. The number of amides is 1. The summed E-state index contributed by atoms with van der Waals surface area (Å²) in [5, 5.41) is 6.12. The van der Waals surface area contributed by atoms with Crippen LogP contribution in [0, 0.1) is 6.92 Å². The van der Waals surface area contributed by atoms with Crippen LogP contribution in [-0.2, 0) is 16.8 Å². The second-order valence-electron chi connectivity index (χ2n) is 6.06. The van der Waals surface area contributed by atoms with Crippen LogP contribution in [0.25, 0.3) is 0 Å². The van der Waals surface area contributed by atoms with Gasteiger partial charge in [-0.2, -0.15) is 0 Å². The van der Waals surface area contributed by atoms with E-state index in [1.807, 2.05) is 36.6 Å². The number of rotatable bonds is 5. The second-order valence-corrected chi connectivity index (χ2v) is 7.12. The Hall–Kier alpha value is -1.88. The highest BCUT2D eigenvalue weighted by Crippen LogP contribution is 2.42. The first-order valence-electron chi connectivity index (χ1n) is 7.98. The van der Waals surface area contributed by atoms with E-state index >= 15 is 0 Å². The molecule has 1 aromatic carbocycles. The van der Waals surface area contributed by atoms with E-state index in [0.29, 0.717) is 6.54 Å². The van der Waals surface area contributed by atoms with Gasteiger partial charge in [0.05, 0.1) is 29.8 Å². The lowest BCUT2D eigenvalue weighted by Crippen LogP contribution is -2.42. The number of hydrogen-bond acceptors (Lipinski definition) is 4. The van der Waals surface area contributed by atoms with Crippen LogP contribution in [0.15, 0.2) is 29.6 Å². The molecule has 0 bridgehead atoms. The molecule has 1 amide bonds. The monoisotopic (exact) mass is 330 g/mol. The van der Waals surface area contributed by atoms with E-state index in [0.717, 1.165) is 47.7 Å². The van der Waals surface area contributed by atoms with Gasteiger partial charge in [0.1, 0.15) is 5.75 Å². The molecule has 0 aliphatic heterocycles. The Labute approximate surface area is 140 Å². The quantitative estimate of drug-likeness (QED) is 0.911. The molecule has 1 aliphatic rings. The Balaban J connectivity index is 1.80. The molecule has 1 fully saturated rings. The Morgan fingerprint density at radius 1 is 1.39 bits per heavy atom. The third-order valence-corrected chi connectivity index (χ3v) is 5.43. The molecular weight excluding hydrogens is 308 g/mol. The van der Waals surface area contributed by atoms with E-state index < -0.39 is 5.41 Å². The number of benzene rings is 1. The van der Waals surface area contributed by atoms with Gasteiger partial charge in [-0.05, 0) is 37.5 Å². The van der Waals surface area contributed by atoms with Crippen molar-refractivity contribution in [2.75, 3.05) is 7.11 Å². The number of thiazole rings is 1. The number of methoxy groups -OCH3 is 1. The fourth-order valence-corrected chi connectivity index (χ4v) is 3.99. The van der Waals surface area contributed by atoms with E-state index in [4.69, 9.17) is 4.74 Å². The van der Waals surface area contributed by atoms with Crippen LogP contribution in [0.2, 0.25) is 0 Å². The lowest BCUT2D eigenvalue weighted by molar-refractivity contribution is -0.126. The standard InChI is InChI=1S/C18H22N2O2S/c1-13-20-15(12-23-13)11-19-17(21)18(8-3-4-9-18)14-6-5-7-16(10-14)22-2/h5-7,10,12H,3-4,8-9,11H2,1-2H3,(H,19,21). The van der Waals surface area contributed by atoms with Crippen molar-refractivity contribution in [2.45, 2.75) is 44.6 Å². The molecule has 1 N–H and O–H groups in total. The Kier molecular flexibility index (Phi) is 4.66. The molecule has 23 heavy (non-hydrogen) atoms. The van der Waals surface area contributed by atoms with E-state index in [-0.39, 0.29) is 5.91 Å². The van der Waals surface area contributed by atoms with Crippen LogP contribution in [0.5, 0.6) is 5.75 Å². The average Bonchev–Trinajstić information content (AvgIpc) is 3.22. The lowest BCUT2D eigenvalue weighted by Gasteiger charge is -2.28. The molecule has 3 rings (SSSR count).